The Kier molecular flexibility index (Phi) is 5.82. The Labute approximate surface area is 177 Å². The van der Waals surface area contributed by atoms with Crippen LogP contribution in [0.3, 0.4) is 0 Å². The molecule has 0 atom stereocenters. The molecular formula is C21H23N3O3S2. The molecule has 3 heterocycles. The number of fused-ring (bicyclic) bond motifs is 2. The fourth-order valence-electron chi connectivity index (χ4n) is 3.51. The molecule has 3 aromatic rings. The van der Waals surface area contributed by atoms with Gasteiger partial charge in [0.15, 0.2) is 0 Å². The summed E-state index contributed by atoms with van der Waals surface area (Å²) in [5.74, 6) is 0.0256. The number of nitrogens with one attached hydrogen (secondary N) is 1. The van der Waals surface area contributed by atoms with Gasteiger partial charge in [0.1, 0.15) is 10.0 Å². The molecule has 0 radical (unpaired) electrons. The van der Waals surface area contributed by atoms with Crippen LogP contribution in [-0.2, 0) is 22.5 Å². The van der Waals surface area contributed by atoms with Gasteiger partial charge in [-0.25, -0.2) is 9.78 Å². The van der Waals surface area contributed by atoms with Gasteiger partial charge >= 0.3 is 6.09 Å². The quantitative estimate of drug-likeness (QED) is 0.599. The number of aromatic nitrogens is 1. The lowest BCUT2D eigenvalue weighted by Gasteiger charge is -2.25. The molecule has 29 heavy (non-hydrogen) atoms. The smallest absolute Gasteiger partial charge is 0.409 e. The van der Waals surface area contributed by atoms with Crippen molar-refractivity contribution in [2.75, 3.05) is 19.0 Å². The number of ether oxygens (including phenoxy) is 1. The number of rotatable bonds is 5. The number of methoxy groups -OCH3 is 1. The number of amides is 2. The Morgan fingerprint density at radius 3 is 2.86 bits per heavy atom. The second kappa shape index (κ2) is 8.51. The van der Waals surface area contributed by atoms with Gasteiger partial charge in [-0.05, 0) is 30.5 Å². The van der Waals surface area contributed by atoms with Gasteiger partial charge in [-0.15, -0.1) is 22.7 Å². The largest absolute Gasteiger partial charge is 0.453 e. The zero-order valence-electron chi connectivity index (χ0n) is 16.5. The van der Waals surface area contributed by atoms with E-state index in [2.05, 4.69) is 18.3 Å². The van der Waals surface area contributed by atoms with E-state index in [1.165, 1.54) is 12.7 Å². The first-order valence-corrected chi connectivity index (χ1v) is 11.4. The summed E-state index contributed by atoms with van der Waals surface area (Å²) >= 11 is 3.18. The summed E-state index contributed by atoms with van der Waals surface area (Å²) in [6.07, 6.45) is 2.75. The van der Waals surface area contributed by atoms with Crippen molar-refractivity contribution in [2.24, 2.45) is 0 Å². The normalized spacial score (nSPS) is 13.4. The summed E-state index contributed by atoms with van der Waals surface area (Å²) in [5.41, 5.74) is 3.16. The topological polar surface area (TPSA) is 71.5 Å². The van der Waals surface area contributed by atoms with Gasteiger partial charge in [0.25, 0.3) is 0 Å². The molecule has 2 aromatic heterocycles. The van der Waals surface area contributed by atoms with E-state index in [9.17, 15) is 9.59 Å². The van der Waals surface area contributed by atoms with Crippen LogP contribution in [0.5, 0.6) is 0 Å². The molecule has 0 saturated carbocycles. The average Bonchev–Trinajstić information content (AvgIpc) is 3.31. The highest BCUT2D eigenvalue weighted by molar-refractivity contribution is 7.22. The monoisotopic (exact) mass is 429 g/mol. The zero-order valence-corrected chi connectivity index (χ0v) is 18.1. The van der Waals surface area contributed by atoms with Crippen LogP contribution in [0, 0.1) is 0 Å². The van der Waals surface area contributed by atoms with Gasteiger partial charge < -0.3 is 15.0 Å². The number of unbranched alkanes of at least 4 members (excludes halogenated alkanes) is 1. The number of nitrogens with zero attached hydrogens (tertiary/aromatic N) is 2. The number of hydrogen-bond acceptors (Lipinski definition) is 6. The zero-order chi connectivity index (χ0) is 20.4. The van der Waals surface area contributed by atoms with Crippen molar-refractivity contribution in [3.05, 3.63) is 34.7 Å². The minimum atomic E-state index is -0.320. The number of carbonyl (C=O) groups excluding carboxylic acids is 2. The van der Waals surface area contributed by atoms with Crippen molar-refractivity contribution < 1.29 is 14.3 Å². The summed E-state index contributed by atoms with van der Waals surface area (Å²) in [5, 5.41) is 4.87. The van der Waals surface area contributed by atoms with E-state index in [1.54, 1.807) is 27.6 Å². The molecule has 0 saturated heterocycles. The minimum absolute atomic E-state index is 0.0256. The molecule has 152 valence electrons. The van der Waals surface area contributed by atoms with Gasteiger partial charge in [0, 0.05) is 23.4 Å². The first-order chi connectivity index (χ1) is 14.1. The molecular weight excluding hydrogens is 406 g/mol. The lowest BCUT2D eigenvalue weighted by molar-refractivity contribution is -0.116. The van der Waals surface area contributed by atoms with Crippen molar-refractivity contribution in [1.29, 1.82) is 0 Å². The highest BCUT2D eigenvalue weighted by Gasteiger charge is 2.29. The third-order valence-electron chi connectivity index (χ3n) is 5.01. The molecule has 8 heteroatoms. The van der Waals surface area contributed by atoms with Gasteiger partial charge in [0.05, 0.1) is 23.9 Å². The Morgan fingerprint density at radius 1 is 1.28 bits per heavy atom. The van der Waals surface area contributed by atoms with Crippen molar-refractivity contribution in [3.63, 3.8) is 0 Å². The molecule has 0 aliphatic carbocycles. The van der Waals surface area contributed by atoms with Crippen LogP contribution in [0.25, 0.3) is 20.8 Å². The van der Waals surface area contributed by atoms with E-state index < -0.39 is 0 Å². The fraction of sp³-hybridized carbons (Fsp3) is 0.381. The van der Waals surface area contributed by atoms with Crippen LogP contribution in [0.4, 0.5) is 9.80 Å². The Bertz CT molecular complexity index is 1020. The first kappa shape index (κ1) is 19.8. The third-order valence-corrected chi connectivity index (χ3v) is 7.19. The van der Waals surface area contributed by atoms with Crippen molar-refractivity contribution >= 4 is 49.9 Å². The molecule has 0 bridgehead atoms. The fourth-order valence-corrected chi connectivity index (χ4v) is 5.90. The number of benzene rings is 1. The maximum absolute atomic E-state index is 12.5. The highest BCUT2D eigenvalue weighted by Crippen LogP contribution is 2.45. The standard InChI is InChI=1S/C21H23N3O3S2/c1-3-4-9-17(25)23-20-18(19-22-14-7-5-6-8-15(14)28-19)13-10-11-24(21(26)27-2)12-16(13)29-20/h5-8H,3-4,9-12H2,1-2H3,(H,23,25). The number of thiophene rings is 1. The van der Waals surface area contributed by atoms with E-state index in [4.69, 9.17) is 9.72 Å². The molecule has 6 nitrogen and oxygen atoms in total. The second-order valence-corrected chi connectivity index (χ2v) is 9.12. The number of anilines is 1. The summed E-state index contributed by atoms with van der Waals surface area (Å²) < 4.78 is 6.01. The summed E-state index contributed by atoms with van der Waals surface area (Å²) in [7, 11) is 1.40. The highest BCUT2D eigenvalue weighted by atomic mass is 32.1. The Hall–Kier alpha value is -2.45. The average molecular weight is 430 g/mol. The maximum Gasteiger partial charge on any atom is 0.409 e. The molecule has 1 aromatic carbocycles. The van der Waals surface area contributed by atoms with E-state index in [1.807, 2.05) is 18.2 Å². The summed E-state index contributed by atoms with van der Waals surface area (Å²) in [4.78, 5) is 32.0. The van der Waals surface area contributed by atoms with Gasteiger partial charge in [0.2, 0.25) is 5.91 Å². The van der Waals surface area contributed by atoms with E-state index in [0.29, 0.717) is 19.5 Å². The Morgan fingerprint density at radius 2 is 2.10 bits per heavy atom. The number of hydrogen-bond donors (Lipinski definition) is 1. The summed E-state index contributed by atoms with van der Waals surface area (Å²) in [6, 6.07) is 8.06. The van der Waals surface area contributed by atoms with Gasteiger partial charge in [-0.3, -0.25) is 4.79 Å². The predicted molar refractivity (Wildman–Crippen MR) is 118 cm³/mol. The van der Waals surface area contributed by atoms with Crippen LogP contribution in [0.2, 0.25) is 0 Å². The summed E-state index contributed by atoms with van der Waals surface area (Å²) in [6.45, 7) is 3.16. The lowest BCUT2D eigenvalue weighted by Crippen LogP contribution is -2.35. The molecule has 1 N–H and O–H groups in total. The van der Waals surface area contributed by atoms with Crippen LogP contribution < -0.4 is 5.32 Å². The molecule has 0 unspecified atom stereocenters. The van der Waals surface area contributed by atoms with E-state index in [0.717, 1.165) is 49.9 Å². The number of thiazole rings is 1. The van der Waals surface area contributed by atoms with E-state index in [-0.39, 0.29) is 12.0 Å². The molecule has 4 rings (SSSR count). The van der Waals surface area contributed by atoms with Crippen LogP contribution in [0.15, 0.2) is 24.3 Å². The van der Waals surface area contributed by atoms with Crippen LogP contribution in [0.1, 0.15) is 36.6 Å². The molecule has 2 amide bonds. The second-order valence-electron chi connectivity index (χ2n) is 6.99. The molecule has 1 aliphatic rings. The maximum atomic E-state index is 12.5. The molecule has 0 fully saturated rings. The first-order valence-electron chi connectivity index (χ1n) is 9.74. The SMILES string of the molecule is CCCCC(=O)Nc1sc2c(c1-c1nc3ccccc3s1)CCN(C(=O)OC)C2. The molecule has 1 aliphatic heterocycles. The minimum Gasteiger partial charge on any atom is -0.453 e. The van der Waals surface area contributed by atoms with Crippen molar-refractivity contribution in [1.82, 2.24) is 9.88 Å². The third kappa shape index (κ3) is 4.00. The lowest BCUT2D eigenvalue weighted by atomic mass is 10.0. The predicted octanol–water partition coefficient (Wildman–Crippen LogP) is 5.28. The van der Waals surface area contributed by atoms with Gasteiger partial charge in [-0.2, -0.15) is 0 Å². The number of para-hydroxylation sites is 1. The number of carbonyl (C=O) groups is 2. The molecule has 0 spiro atoms. The Balaban J connectivity index is 1.74. The van der Waals surface area contributed by atoms with E-state index >= 15 is 0 Å². The van der Waals surface area contributed by atoms with Crippen molar-refractivity contribution in [3.8, 4) is 10.6 Å². The van der Waals surface area contributed by atoms with Crippen molar-refractivity contribution in [2.45, 2.75) is 39.2 Å². The van der Waals surface area contributed by atoms with Crippen LogP contribution in [-0.4, -0.2) is 35.5 Å². The van der Waals surface area contributed by atoms with Crippen LogP contribution >= 0.6 is 22.7 Å². The van der Waals surface area contributed by atoms with Gasteiger partial charge in [-0.1, -0.05) is 25.5 Å².